The molecule has 8 nitrogen and oxygen atoms in total. The average molecular weight is 291 g/mol. The molecule has 0 fully saturated rings. The summed E-state index contributed by atoms with van der Waals surface area (Å²) in [6, 6.07) is 5.72. The van der Waals surface area contributed by atoms with Crippen LogP contribution in [0.2, 0.25) is 0 Å². The number of aromatic nitrogens is 2. The zero-order chi connectivity index (χ0) is 15.4. The number of benzene rings is 1. The number of carbonyl (C=O) groups excluding carboxylic acids is 1. The van der Waals surface area contributed by atoms with Crippen molar-refractivity contribution in [2.45, 2.75) is 26.4 Å². The van der Waals surface area contributed by atoms with Crippen molar-refractivity contribution in [2.75, 3.05) is 0 Å². The van der Waals surface area contributed by atoms with E-state index in [1.165, 1.54) is 24.3 Å². The number of non-ortho nitro benzene ring substituents is 1. The summed E-state index contributed by atoms with van der Waals surface area (Å²) in [5.41, 5.74) is 0.525. The Hall–Kier alpha value is -2.77. The van der Waals surface area contributed by atoms with Crippen LogP contribution in [0.3, 0.4) is 0 Å². The van der Waals surface area contributed by atoms with Crippen molar-refractivity contribution in [3.63, 3.8) is 0 Å². The first-order chi connectivity index (χ1) is 10.0. The van der Waals surface area contributed by atoms with Gasteiger partial charge in [-0.2, -0.15) is 0 Å². The summed E-state index contributed by atoms with van der Waals surface area (Å²) in [6.45, 7) is 3.31. The predicted molar refractivity (Wildman–Crippen MR) is 71.2 cm³/mol. The number of carbonyl (C=O) groups is 1. The molecule has 2 aromatic rings. The molecule has 1 aromatic carbocycles. The van der Waals surface area contributed by atoms with Crippen LogP contribution in [0.15, 0.2) is 28.7 Å². The van der Waals surface area contributed by atoms with Gasteiger partial charge in [0.2, 0.25) is 5.89 Å². The molecule has 110 valence electrons. The normalized spacial score (nSPS) is 11.9. The van der Waals surface area contributed by atoms with Gasteiger partial charge in [0, 0.05) is 24.1 Å². The Bertz CT molecular complexity index is 650. The second kappa shape index (κ2) is 6.12. The fourth-order valence-electron chi connectivity index (χ4n) is 1.57. The highest BCUT2D eigenvalue weighted by Gasteiger charge is 2.18. The van der Waals surface area contributed by atoms with Crippen molar-refractivity contribution in [3.8, 4) is 11.5 Å². The van der Waals surface area contributed by atoms with E-state index in [1.807, 2.05) is 0 Å². The molecular weight excluding hydrogens is 278 g/mol. The molecule has 1 atom stereocenters. The Morgan fingerprint density at radius 3 is 2.62 bits per heavy atom. The van der Waals surface area contributed by atoms with Crippen molar-refractivity contribution >= 4 is 11.7 Å². The van der Waals surface area contributed by atoms with Gasteiger partial charge in [0.1, 0.15) is 0 Å². The molecule has 0 aliphatic rings. The van der Waals surface area contributed by atoms with Crippen LogP contribution < -0.4 is 0 Å². The molecule has 1 aromatic heterocycles. The first-order valence-corrected chi connectivity index (χ1v) is 6.29. The summed E-state index contributed by atoms with van der Waals surface area (Å²) in [4.78, 5) is 21.3. The van der Waals surface area contributed by atoms with Gasteiger partial charge in [0.05, 0.1) is 4.92 Å². The average Bonchev–Trinajstić information content (AvgIpc) is 2.97. The second-order valence-electron chi connectivity index (χ2n) is 4.24. The summed E-state index contributed by atoms with van der Waals surface area (Å²) < 4.78 is 10.5. The lowest BCUT2D eigenvalue weighted by Gasteiger charge is -2.07. The molecule has 21 heavy (non-hydrogen) atoms. The number of hydrogen-bond acceptors (Lipinski definition) is 7. The van der Waals surface area contributed by atoms with E-state index in [4.69, 9.17) is 9.15 Å². The fourth-order valence-corrected chi connectivity index (χ4v) is 1.57. The van der Waals surface area contributed by atoms with Crippen LogP contribution in [0.4, 0.5) is 5.69 Å². The van der Waals surface area contributed by atoms with E-state index in [0.29, 0.717) is 5.56 Å². The van der Waals surface area contributed by atoms with Crippen LogP contribution in [0, 0.1) is 10.1 Å². The Balaban J connectivity index is 2.15. The van der Waals surface area contributed by atoms with E-state index in [0.717, 1.165) is 0 Å². The van der Waals surface area contributed by atoms with Crippen molar-refractivity contribution < 1.29 is 18.9 Å². The van der Waals surface area contributed by atoms with E-state index in [1.54, 1.807) is 13.8 Å². The minimum absolute atomic E-state index is 0.0243. The molecule has 0 amide bonds. The lowest BCUT2D eigenvalue weighted by atomic mass is 10.2. The van der Waals surface area contributed by atoms with Crippen LogP contribution in [0.25, 0.3) is 11.5 Å². The maximum absolute atomic E-state index is 11.2. The molecule has 0 aliphatic heterocycles. The van der Waals surface area contributed by atoms with Crippen LogP contribution in [-0.2, 0) is 9.53 Å². The molecule has 1 unspecified atom stereocenters. The molecule has 0 N–H and O–H groups in total. The Morgan fingerprint density at radius 2 is 2.05 bits per heavy atom. The van der Waals surface area contributed by atoms with Crippen LogP contribution in [0.1, 0.15) is 32.3 Å². The number of ether oxygens (including phenoxy) is 1. The summed E-state index contributed by atoms with van der Waals surface area (Å²) in [5.74, 6) is 0.0158. The minimum Gasteiger partial charge on any atom is -0.453 e. The van der Waals surface area contributed by atoms with Crippen LogP contribution >= 0.6 is 0 Å². The second-order valence-corrected chi connectivity index (χ2v) is 4.24. The molecule has 1 heterocycles. The maximum atomic E-state index is 11.2. The quantitative estimate of drug-likeness (QED) is 0.473. The molecule has 0 radical (unpaired) electrons. The third-order valence-corrected chi connectivity index (χ3v) is 2.71. The Kier molecular flexibility index (Phi) is 4.27. The molecule has 0 saturated heterocycles. The molecule has 0 spiro atoms. The zero-order valence-corrected chi connectivity index (χ0v) is 11.5. The van der Waals surface area contributed by atoms with Gasteiger partial charge in [-0.25, -0.2) is 0 Å². The lowest BCUT2D eigenvalue weighted by molar-refractivity contribution is -0.384. The maximum Gasteiger partial charge on any atom is 0.306 e. The van der Waals surface area contributed by atoms with Crippen molar-refractivity contribution in [1.29, 1.82) is 0 Å². The van der Waals surface area contributed by atoms with E-state index in [2.05, 4.69) is 10.2 Å². The van der Waals surface area contributed by atoms with Gasteiger partial charge in [-0.1, -0.05) is 6.92 Å². The summed E-state index contributed by atoms with van der Waals surface area (Å²) in [6.07, 6.45) is -0.384. The number of esters is 1. The smallest absolute Gasteiger partial charge is 0.306 e. The summed E-state index contributed by atoms with van der Waals surface area (Å²) in [5, 5.41) is 18.2. The number of hydrogen-bond donors (Lipinski definition) is 0. The molecule has 0 saturated carbocycles. The predicted octanol–water partition coefficient (Wildman–Crippen LogP) is 2.66. The highest BCUT2D eigenvalue weighted by molar-refractivity contribution is 5.69. The molecule has 0 aliphatic carbocycles. The van der Waals surface area contributed by atoms with Crippen LogP contribution in [-0.4, -0.2) is 21.1 Å². The topological polar surface area (TPSA) is 108 Å². The van der Waals surface area contributed by atoms with E-state index >= 15 is 0 Å². The van der Waals surface area contributed by atoms with Gasteiger partial charge < -0.3 is 9.15 Å². The number of nitro groups is 1. The van der Waals surface area contributed by atoms with E-state index in [9.17, 15) is 14.9 Å². The first kappa shape index (κ1) is 14.6. The fraction of sp³-hybridized carbons (Fsp3) is 0.308. The standard InChI is InChI=1S/C13H13N3O5/c1-3-11(17)20-8(2)12-14-15-13(21-12)9-4-6-10(7-5-9)16(18)19/h4-8H,3H2,1-2H3. The highest BCUT2D eigenvalue weighted by atomic mass is 16.6. The molecule has 2 rings (SSSR count). The molecular formula is C13H13N3O5. The summed E-state index contributed by atoms with van der Waals surface area (Å²) in [7, 11) is 0. The third kappa shape index (κ3) is 3.41. The van der Waals surface area contributed by atoms with Gasteiger partial charge >= 0.3 is 5.97 Å². The van der Waals surface area contributed by atoms with Gasteiger partial charge in [-0.15, -0.1) is 10.2 Å². The third-order valence-electron chi connectivity index (χ3n) is 2.71. The largest absolute Gasteiger partial charge is 0.453 e. The van der Waals surface area contributed by atoms with E-state index in [-0.39, 0.29) is 29.9 Å². The number of nitro benzene ring substituents is 1. The number of rotatable bonds is 5. The van der Waals surface area contributed by atoms with Gasteiger partial charge in [-0.05, 0) is 19.1 Å². The number of nitrogens with zero attached hydrogens (tertiary/aromatic N) is 3. The van der Waals surface area contributed by atoms with Crippen molar-refractivity contribution in [3.05, 3.63) is 40.3 Å². The molecule has 0 bridgehead atoms. The monoisotopic (exact) mass is 291 g/mol. The Labute approximate surface area is 119 Å². The molecule has 8 heteroatoms. The zero-order valence-electron chi connectivity index (χ0n) is 11.5. The SMILES string of the molecule is CCC(=O)OC(C)c1nnc(-c2ccc([N+](=O)[O-])cc2)o1. The van der Waals surface area contributed by atoms with Gasteiger partial charge in [-0.3, -0.25) is 14.9 Å². The van der Waals surface area contributed by atoms with Crippen LogP contribution in [0.5, 0.6) is 0 Å². The summed E-state index contributed by atoms with van der Waals surface area (Å²) >= 11 is 0. The lowest BCUT2D eigenvalue weighted by Crippen LogP contribution is -2.07. The first-order valence-electron chi connectivity index (χ1n) is 6.29. The van der Waals surface area contributed by atoms with Gasteiger partial charge in [0.25, 0.3) is 11.6 Å². The highest BCUT2D eigenvalue weighted by Crippen LogP contribution is 2.24. The van der Waals surface area contributed by atoms with E-state index < -0.39 is 11.0 Å². The minimum atomic E-state index is -0.642. The van der Waals surface area contributed by atoms with Crippen molar-refractivity contribution in [1.82, 2.24) is 10.2 Å². The van der Waals surface area contributed by atoms with Gasteiger partial charge in [0.15, 0.2) is 6.10 Å². The van der Waals surface area contributed by atoms with Crippen molar-refractivity contribution in [2.24, 2.45) is 0 Å². The Morgan fingerprint density at radius 1 is 1.38 bits per heavy atom.